The Morgan fingerprint density at radius 1 is 1.00 bits per heavy atom. The lowest BCUT2D eigenvalue weighted by Gasteiger charge is -2.71. The third-order valence-electron chi connectivity index (χ3n) is 8.94. The van der Waals surface area contributed by atoms with Gasteiger partial charge in [-0.25, -0.2) is 0 Å². The van der Waals surface area contributed by atoms with Crippen molar-refractivity contribution in [3.63, 3.8) is 0 Å². The zero-order valence-electron chi connectivity index (χ0n) is 20.2. The number of carbonyl (C=O) groups excluding carboxylic acids is 1. The zero-order valence-corrected chi connectivity index (χ0v) is 21.0. The van der Waals surface area contributed by atoms with Crippen LogP contribution in [-0.2, 0) is 11.3 Å². The van der Waals surface area contributed by atoms with E-state index in [2.05, 4.69) is 28.5 Å². The topological polar surface area (TPSA) is 84.2 Å². The van der Waals surface area contributed by atoms with Crippen LogP contribution in [0.25, 0.3) is 22.0 Å². The van der Waals surface area contributed by atoms with E-state index in [0.29, 0.717) is 36.4 Å². The van der Waals surface area contributed by atoms with E-state index in [4.69, 9.17) is 11.6 Å². The summed E-state index contributed by atoms with van der Waals surface area (Å²) in [4.78, 5) is 30.0. The van der Waals surface area contributed by atoms with Crippen LogP contribution in [0.2, 0.25) is 5.02 Å². The van der Waals surface area contributed by atoms with Crippen molar-refractivity contribution in [2.24, 2.45) is 10.8 Å². The lowest BCUT2D eigenvalue weighted by Crippen LogP contribution is -2.73. The van der Waals surface area contributed by atoms with Gasteiger partial charge in [0.15, 0.2) is 0 Å². The smallest absolute Gasteiger partial charge is 0.309 e. The van der Waals surface area contributed by atoms with Gasteiger partial charge in [-0.3, -0.25) is 14.6 Å². The molecule has 4 aliphatic carbocycles. The minimum atomic E-state index is -0.698. The fourth-order valence-corrected chi connectivity index (χ4v) is 7.06. The number of carbonyl (C=O) groups is 2. The van der Waals surface area contributed by atoms with E-state index < -0.39 is 11.4 Å². The Morgan fingerprint density at radius 2 is 1.76 bits per heavy atom. The Balaban J connectivity index is 1.16. The van der Waals surface area contributed by atoms with Gasteiger partial charge in [-0.05, 0) is 67.3 Å². The first-order valence-electron chi connectivity index (χ1n) is 12.7. The maximum Gasteiger partial charge on any atom is 0.309 e. The van der Waals surface area contributed by atoms with Crippen LogP contribution in [0.3, 0.4) is 0 Å². The summed E-state index contributed by atoms with van der Waals surface area (Å²) in [5, 5.41) is 14.3. The van der Waals surface area contributed by atoms with Crippen LogP contribution in [0.5, 0.6) is 0 Å². The van der Waals surface area contributed by atoms with Crippen molar-refractivity contribution >= 4 is 34.4 Å². The number of hydrogen-bond donors (Lipinski definition) is 2. The molecule has 0 atom stereocenters. The second-order valence-corrected chi connectivity index (χ2v) is 11.6. The summed E-state index contributed by atoms with van der Waals surface area (Å²) in [6.07, 6.45) is 7.65. The number of rotatable bonds is 7. The van der Waals surface area contributed by atoms with Crippen molar-refractivity contribution in [3.8, 4) is 11.1 Å². The van der Waals surface area contributed by atoms with Crippen LogP contribution in [0.15, 0.2) is 73.1 Å². The average Bonchev–Trinajstić information content (AvgIpc) is 3.49. The first-order valence-corrected chi connectivity index (χ1v) is 13.0. The van der Waals surface area contributed by atoms with Gasteiger partial charge in [0, 0.05) is 33.9 Å². The Kier molecular flexibility index (Phi) is 4.68. The first-order chi connectivity index (χ1) is 17.8. The molecule has 37 heavy (non-hydrogen) atoms. The van der Waals surface area contributed by atoms with Crippen molar-refractivity contribution in [3.05, 3.63) is 89.3 Å². The fourth-order valence-electron chi connectivity index (χ4n) is 6.83. The van der Waals surface area contributed by atoms with Crippen LogP contribution in [0.1, 0.15) is 48.2 Å². The van der Waals surface area contributed by atoms with Crippen LogP contribution in [-0.4, -0.2) is 32.1 Å². The van der Waals surface area contributed by atoms with Gasteiger partial charge in [-0.1, -0.05) is 48.0 Å². The molecule has 0 saturated heterocycles. The summed E-state index contributed by atoms with van der Waals surface area (Å²) in [6, 6.07) is 19.8. The molecule has 0 radical (unpaired) electrons. The summed E-state index contributed by atoms with van der Waals surface area (Å²) in [6.45, 7) is 0.524. The molecule has 0 unspecified atom stereocenters. The standard InChI is InChI=1S/C30H26ClN3O3/c31-22-12-20-8-11-34(15-23-7-6-21(14-32-23)19-4-2-1-3-5-19)25(20)24(13-22)26(35)33-30(9-10-30)29-16-28(17-29,18-29)27(36)37/h1-8,11-14H,9-10,15-18H2,(H,33,35)(H,36,37). The Bertz CT molecular complexity index is 1550. The predicted octanol–water partition coefficient (Wildman–Crippen LogP) is 5.92. The molecule has 2 heterocycles. The van der Waals surface area contributed by atoms with Gasteiger partial charge < -0.3 is 15.0 Å². The number of fused-ring (bicyclic) bond motifs is 1. The molecule has 4 aromatic rings. The second kappa shape index (κ2) is 7.68. The monoisotopic (exact) mass is 511 g/mol. The molecule has 186 valence electrons. The largest absolute Gasteiger partial charge is 0.481 e. The number of nitrogens with one attached hydrogen (secondary N) is 1. The maximum absolute atomic E-state index is 13.7. The van der Waals surface area contributed by atoms with Gasteiger partial charge in [-0.2, -0.15) is 0 Å². The molecule has 0 spiro atoms. The number of aromatic nitrogens is 2. The number of pyridine rings is 1. The SMILES string of the molecule is O=C(NC1(C23CC(C(=O)O)(C2)C3)CC1)c1cc(Cl)cc2ccn(Cc3ccc(-c4ccccc4)cn3)c12. The third kappa shape index (κ3) is 3.35. The average molecular weight is 512 g/mol. The molecule has 8 rings (SSSR count). The minimum absolute atomic E-state index is 0.0643. The fraction of sp³-hybridized carbons (Fsp3) is 0.300. The highest BCUT2D eigenvalue weighted by molar-refractivity contribution is 6.32. The van der Waals surface area contributed by atoms with Gasteiger partial charge in [0.05, 0.1) is 28.7 Å². The zero-order chi connectivity index (χ0) is 25.4. The Morgan fingerprint density at radius 3 is 2.41 bits per heavy atom. The quantitative estimate of drug-likeness (QED) is 0.322. The summed E-state index contributed by atoms with van der Waals surface area (Å²) < 4.78 is 2.05. The highest BCUT2D eigenvalue weighted by atomic mass is 35.5. The number of carboxylic acid groups (broad SMARTS) is 1. The summed E-state index contributed by atoms with van der Waals surface area (Å²) >= 11 is 6.42. The number of nitrogens with zero attached hydrogens (tertiary/aromatic N) is 2. The molecule has 4 fully saturated rings. The molecule has 4 aliphatic rings. The number of carboxylic acids is 1. The maximum atomic E-state index is 13.7. The second-order valence-electron chi connectivity index (χ2n) is 11.2. The van der Waals surface area contributed by atoms with Crippen LogP contribution < -0.4 is 5.32 Å². The minimum Gasteiger partial charge on any atom is -0.481 e. The number of aliphatic carboxylic acids is 1. The lowest BCUT2D eigenvalue weighted by molar-refractivity contribution is -0.236. The third-order valence-corrected chi connectivity index (χ3v) is 9.15. The van der Waals surface area contributed by atoms with E-state index in [0.717, 1.165) is 40.6 Å². The number of amides is 1. The lowest BCUT2D eigenvalue weighted by atomic mass is 9.32. The number of halogens is 1. The van der Waals surface area contributed by atoms with Gasteiger partial charge in [0.1, 0.15) is 0 Å². The molecule has 6 nitrogen and oxygen atoms in total. The van der Waals surface area contributed by atoms with Crippen LogP contribution >= 0.6 is 11.6 Å². The molecule has 4 saturated carbocycles. The molecule has 2 N–H and O–H groups in total. The molecule has 2 aromatic carbocycles. The van der Waals surface area contributed by atoms with Crippen molar-refractivity contribution in [2.75, 3.05) is 0 Å². The van der Waals surface area contributed by atoms with Gasteiger partial charge in [0.25, 0.3) is 5.91 Å². The van der Waals surface area contributed by atoms with Gasteiger partial charge in [0.2, 0.25) is 0 Å². The summed E-state index contributed by atoms with van der Waals surface area (Å²) in [5.74, 6) is -0.845. The molecule has 2 bridgehead atoms. The molecule has 2 aromatic heterocycles. The van der Waals surface area contributed by atoms with Gasteiger partial charge >= 0.3 is 5.97 Å². The summed E-state index contributed by atoms with van der Waals surface area (Å²) in [7, 11) is 0. The normalized spacial score (nSPS) is 24.7. The highest BCUT2D eigenvalue weighted by Gasteiger charge is 2.81. The van der Waals surface area contributed by atoms with Crippen molar-refractivity contribution in [2.45, 2.75) is 44.2 Å². The van der Waals surface area contributed by atoms with Crippen molar-refractivity contribution in [1.29, 1.82) is 0 Å². The van der Waals surface area contributed by atoms with E-state index >= 15 is 0 Å². The van der Waals surface area contributed by atoms with E-state index in [9.17, 15) is 14.7 Å². The number of benzene rings is 2. The van der Waals surface area contributed by atoms with E-state index in [1.54, 1.807) is 6.07 Å². The van der Waals surface area contributed by atoms with Gasteiger partial charge in [-0.15, -0.1) is 0 Å². The molecular formula is C30H26ClN3O3. The van der Waals surface area contributed by atoms with E-state index in [1.807, 2.05) is 53.4 Å². The predicted molar refractivity (Wildman–Crippen MR) is 142 cm³/mol. The van der Waals surface area contributed by atoms with Crippen LogP contribution in [0, 0.1) is 10.8 Å². The van der Waals surface area contributed by atoms with Crippen molar-refractivity contribution < 1.29 is 14.7 Å². The molecule has 1 amide bonds. The molecule has 0 aliphatic heterocycles. The van der Waals surface area contributed by atoms with Crippen molar-refractivity contribution in [1.82, 2.24) is 14.9 Å². The first kappa shape index (κ1) is 22.5. The Hall–Kier alpha value is -3.64. The molecular weight excluding hydrogens is 486 g/mol. The summed E-state index contributed by atoms with van der Waals surface area (Å²) in [5.41, 5.74) is 3.53. The highest BCUT2D eigenvalue weighted by Crippen LogP contribution is 2.81. The van der Waals surface area contributed by atoms with E-state index in [-0.39, 0.29) is 16.9 Å². The van der Waals surface area contributed by atoms with Crippen LogP contribution in [0.4, 0.5) is 0 Å². The number of hydrogen-bond acceptors (Lipinski definition) is 3. The molecule has 7 heteroatoms. The Labute approximate surface area is 219 Å². The van der Waals surface area contributed by atoms with E-state index in [1.165, 1.54) is 0 Å².